The zero-order valence-corrected chi connectivity index (χ0v) is 43.8. The van der Waals surface area contributed by atoms with Crippen molar-refractivity contribution in [1.82, 2.24) is 0 Å². The summed E-state index contributed by atoms with van der Waals surface area (Å²) >= 11 is 0. The Morgan fingerprint density at radius 1 is 0.337 bits per heavy atom. The van der Waals surface area contributed by atoms with Gasteiger partial charge < -0.3 is 28.4 Å². The van der Waals surface area contributed by atoms with E-state index in [-0.39, 0.29) is 23.6 Å². The van der Waals surface area contributed by atoms with Gasteiger partial charge in [-0.2, -0.15) is 158 Å². The molecule has 0 N–H and O–H groups in total. The minimum atomic E-state index is -7.95. The van der Waals surface area contributed by atoms with Gasteiger partial charge in [-0.15, -0.1) is 0 Å². The van der Waals surface area contributed by atoms with Gasteiger partial charge in [-0.25, -0.2) is 0 Å². The molecule has 518 valence electrons. The molecule has 0 saturated heterocycles. The fraction of sp³-hybridized carbons (Fsp3) is 0.745. The molecule has 0 bridgehead atoms. The van der Waals surface area contributed by atoms with Crippen LogP contribution >= 0.6 is 0 Å². The Labute approximate surface area is 475 Å². The lowest BCUT2D eigenvalue weighted by Crippen LogP contribution is -2.69. The van der Waals surface area contributed by atoms with Crippen molar-refractivity contribution < 1.29 is 186 Å². The molecule has 1 aliphatic carbocycles. The van der Waals surface area contributed by atoms with E-state index in [1.165, 1.54) is 24.3 Å². The Morgan fingerprint density at radius 3 is 0.843 bits per heavy atom. The summed E-state index contributed by atoms with van der Waals surface area (Å²) < 4.78 is 521. The summed E-state index contributed by atoms with van der Waals surface area (Å²) in [6.45, 7) is -12.4. The highest BCUT2D eigenvalue weighted by Crippen LogP contribution is 2.59. The second kappa shape index (κ2) is 26.8. The quantitative estimate of drug-likeness (QED) is 0.0771. The number of rotatable bonds is 24. The maximum Gasteiger partial charge on any atom is 0.435 e. The van der Waals surface area contributed by atoms with E-state index in [0.29, 0.717) is 24.3 Å². The molecule has 0 aliphatic heterocycles. The van der Waals surface area contributed by atoms with Gasteiger partial charge >= 0.3 is 96.5 Å². The highest BCUT2D eigenvalue weighted by Gasteiger charge is 2.89. The van der Waals surface area contributed by atoms with Crippen LogP contribution in [0.5, 0.6) is 11.5 Å². The Balaban J connectivity index is 2.45. The van der Waals surface area contributed by atoms with Crippen LogP contribution in [0, 0.1) is 5.92 Å². The zero-order chi connectivity index (χ0) is 69.3. The maximum atomic E-state index is 13.9. The van der Waals surface area contributed by atoms with Gasteiger partial charge in [0.25, 0.3) is 0 Å². The molecule has 1 fully saturated rings. The van der Waals surface area contributed by atoms with Gasteiger partial charge in [0.15, 0.2) is 0 Å². The van der Waals surface area contributed by atoms with Crippen LogP contribution in [0.4, 0.5) is 158 Å². The molecule has 1 saturated carbocycles. The van der Waals surface area contributed by atoms with Crippen molar-refractivity contribution in [3.8, 4) is 11.5 Å². The summed E-state index contributed by atoms with van der Waals surface area (Å²) in [5, 5.41) is 0. The first-order valence-electron chi connectivity index (χ1n) is 24.6. The van der Waals surface area contributed by atoms with Gasteiger partial charge in [-0.3, -0.25) is 0 Å². The summed E-state index contributed by atoms with van der Waals surface area (Å²) in [4.78, 5) is 0. The molecule has 1 aliphatic rings. The second-order valence-corrected chi connectivity index (χ2v) is 19.7. The Bertz CT molecular complexity index is 2150. The maximum absolute atomic E-state index is 13.9. The molecular weight excluding hydrogens is 1340 g/mol. The van der Waals surface area contributed by atoms with Crippen LogP contribution in [-0.2, 0) is 31.8 Å². The molecular formula is C47H42F36O6. The SMILES string of the molecule is CCCCCC1CCC(c2ccc(CCc3cc(OC(COC(C(F)(F)F)(C(F)(F)F)C(F)(F)F)COC(C(F)(F)F)(C(F)(F)F)C(F)(F)F)cc(OC(COC(C(F)(F)F)(C(F)(F)F)C(F)(F)F)COC(C(F)(F)F)(C(F)(F)F)C(F)(F)F)c3)cc2)CC1. The lowest BCUT2D eigenvalue weighted by atomic mass is 9.77. The summed E-state index contributed by atoms with van der Waals surface area (Å²) in [7, 11) is 0. The van der Waals surface area contributed by atoms with Crippen molar-refractivity contribution in [2.24, 2.45) is 5.92 Å². The van der Waals surface area contributed by atoms with Crippen molar-refractivity contribution in [2.45, 2.75) is 186 Å². The second-order valence-electron chi connectivity index (χ2n) is 19.7. The Morgan fingerprint density at radius 2 is 0.596 bits per heavy atom. The van der Waals surface area contributed by atoms with E-state index in [4.69, 9.17) is 0 Å². The number of hydrogen-bond donors (Lipinski definition) is 0. The third-order valence-electron chi connectivity index (χ3n) is 13.5. The summed E-state index contributed by atoms with van der Waals surface area (Å²) in [6.07, 6.45) is -98.9. The molecule has 0 atom stereocenters. The monoisotopic (exact) mass is 1390 g/mol. The van der Waals surface area contributed by atoms with Crippen molar-refractivity contribution in [1.29, 1.82) is 0 Å². The number of aryl methyl sites for hydroxylation is 2. The predicted molar refractivity (Wildman–Crippen MR) is 225 cm³/mol. The average molecular weight is 1390 g/mol. The van der Waals surface area contributed by atoms with Crippen molar-refractivity contribution >= 4 is 0 Å². The molecule has 3 rings (SSSR count). The number of alkyl halides is 36. The van der Waals surface area contributed by atoms with Crippen LogP contribution in [0.25, 0.3) is 0 Å². The normalized spacial score (nSPS) is 17.7. The smallest absolute Gasteiger partial charge is 0.435 e. The molecule has 6 nitrogen and oxygen atoms in total. The zero-order valence-electron chi connectivity index (χ0n) is 43.8. The third-order valence-corrected chi connectivity index (χ3v) is 13.5. The van der Waals surface area contributed by atoms with E-state index in [9.17, 15) is 158 Å². The van der Waals surface area contributed by atoms with E-state index in [1.54, 1.807) is 0 Å². The molecule has 2 aromatic rings. The fourth-order valence-corrected chi connectivity index (χ4v) is 9.02. The van der Waals surface area contributed by atoms with E-state index in [0.717, 1.165) is 38.5 Å². The van der Waals surface area contributed by atoms with E-state index < -0.39 is 171 Å². The van der Waals surface area contributed by atoms with Crippen molar-refractivity contribution in [3.05, 3.63) is 59.2 Å². The van der Waals surface area contributed by atoms with Crippen LogP contribution in [0.1, 0.15) is 80.9 Å². The van der Waals surface area contributed by atoms with Crippen molar-refractivity contribution in [2.75, 3.05) is 26.4 Å². The number of ether oxygens (including phenoxy) is 6. The number of benzene rings is 2. The lowest BCUT2D eigenvalue weighted by Gasteiger charge is -2.40. The van der Waals surface area contributed by atoms with Crippen LogP contribution in [0.2, 0.25) is 0 Å². The average Bonchev–Trinajstić information content (AvgIpc) is 0.762. The summed E-state index contributed by atoms with van der Waals surface area (Å²) in [6, 6.07) is 5.06. The largest absolute Gasteiger partial charge is 0.485 e. The number of hydrogen-bond acceptors (Lipinski definition) is 6. The van der Waals surface area contributed by atoms with Crippen molar-refractivity contribution in [3.63, 3.8) is 0 Å². The van der Waals surface area contributed by atoms with Gasteiger partial charge in [0, 0.05) is 6.07 Å². The molecule has 0 unspecified atom stereocenters. The molecule has 0 radical (unpaired) electrons. The third kappa shape index (κ3) is 16.8. The van der Waals surface area contributed by atoms with Gasteiger partial charge in [-0.05, 0) is 79.2 Å². The van der Waals surface area contributed by atoms with Gasteiger partial charge in [0.1, 0.15) is 23.7 Å². The Kier molecular flexibility index (Phi) is 23.6. The van der Waals surface area contributed by atoms with E-state index in [1.807, 2.05) is 6.92 Å². The fourth-order valence-electron chi connectivity index (χ4n) is 9.02. The number of unbranched alkanes of at least 4 members (excludes halogenated alkanes) is 2. The molecule has 89 heavy (non-hydrogen) atoms. The highest BCUT2D eigenvalue weighted by atomic mass is 19.5. The van der Waals surface area contributed by atoms with Gasteiger partial charge in [0.2, 0.25) is 0 Å². The molecule has 0 spiro atoms. The summed E-state index contributed by atoms with van der Waals surface area (Å²) in [5.74, 6) is -3.80. The minimum Gasteiger partial charge on any atom is -0.485 e. The van der Waals surface area contributed by atoms with Crippen LogP contribution in [-0.4, -0.2) is 135 Å². The van der Waals surface area contributed by atoms with Crippen LogP contribution in [0.15, 0.2) is 42.5 Å². The van der Waals surface area contributed by atoms with Gasteiger partial charge in [0.05, 0.1) is 26.4 Å². The van der Waals surface area contributed by atoms with E-state index >= 15 is 0 Å². The standard InChI is InChI=1S/C47H42F36O6/c1-2-3-4-5-23-8-12-26(13-9-23)27-14-10-24(11-15-27)6-7-25-16-28(88-30(19-84-32(36(48,49)50,37(51,52)53)38(54,55)56)20-85-33(39(57,58)59,40(60,61)62)41(63,64)65)18-29(17-25)89-31(21-86-34(42(66,67)68,43(69,70)71)44(72,73)74)22-87-35(45(75,76)77,46(78,79)80)47(81,82)83/h10-11,14-18,23,26,30-31H,2-9,12-13,19-22H2,1H3. The molecule has 2 aromatic carbocycles. The highest BCUT2D eigenvalue weighted by molar-refractivity contribution is 5.40. The molecule has 0 amide bonds. The van der Waals surface area contributed by atoms with Gasteiger partial charge in [-0.1, -0.05) is 56.9 Å². The van der Waals surface area contributed by atoms with E-state index in [2.05, 4.69) is 28.4 Å². The number of halogens is 36. The Hall–Kier alpha value is -4.64. The minimum absolute atomic E-state index is 0.0359. The van der Waals surface area contributed by atoms with Crippen LogP contribution < -0.4 is 9.47 Å². The first kappa shape index (κ1) is 78.6. The topological polar surface area (TPSA) is 55.4 Å². The molecule has 0 aromatic heterocycles. The first-order chi connectivity index (χ1) is 39.7. The lowest BCUT2D eigenvalue weighted by molar-refractivity contribution is -0.466. The predicted octanol–water partition coefficient (Wildman–Crippen LogP) is 18.6. The van der Waals surface area contributed by atoms with Crippen LogP contribution in [0.3, 0.4) is 0 Å². The molecule has 42 heteroatoms. The molecule has 0 heterocycles. The first-order valence-corrected chi connectivity index (χ1v) is 24.6. The summed E-state index contributed by atoms with van der Waals surface area (Å²) in [5.41, 5.74) is -31.2.